The molecule has 1 amide bonds. The lowest BCUT2D eigenvalue weighted by atomic mass is 10.0. The number of nitriles is 1. The summed E-state index contributed by atoms with van der Waals surface area (Å²) in [7, 11) is 1.64. The molecular weight excluding hydrogens is 362 g/mol. The van der Waals surface area contributed by atoms with E-state index in [-0.39, 0.29) is 17.5 Å². The molecule has 152 valence electrons. The predicted molar refractivity (Wildman–Crippen MR) is 114 cm³/mol. The second-order valence-corrected chi connectivity index (χ2v) is 7.71. The van der Waals surface area contributed by atoms with Crippen molar-refractivity contribution in [2.24, 2.45) is 5.92 Å². The first-order chi connectivity index (χ1) is 14.0. The molecule has 5 heteroatoms. The van der Waals surface area contributed by atoms with E-state index in [1.54, 1.807) is 13.2 Å². The van der Waals surface area contributed by atoms with Gasteiger partial charge in [-0.3, -0.25) is 4.79 Å². The highest BCUT2D eigenvalue weighted by atomic mass is 16.5. The highest BCUT2D eigenvalue weighted by molar-refractivity contribution is 6.02. The summed E-state index contributed by atoms with van der Waals surface area (Å²) in [4.78, 5) is 12.9. The lowest BCUT2D eigenvalue weighted by Gasteiger charge is -2.19. The summed E-state index contributed by atoms with van der Waals surface area (Å²) in [6.45, 7) is 7.16. The van der Waals surface area contributed by atoms with Crippen LogP contribution in [-0.4, -0.2) is 17.6 Å². The van der Waals surface area contributed by atoms with Crippen LogP contribution in [0.3, 0.4) is 0 Å². The Labute approximate surface area is 173 Å². The molecule has 1 aromatic heterocycles. The first kappa shape index (κ1) is 20.7. The molecule has 1 saturated carbocycles. The molecule has 0 spiro atoms. The normalized spacial score (nSPS) is 14.9. The summed E-state index contributed by atoms with van der Waals surface area (Å²) >= 11 is 0. The average Bonchev–Trinajstić information content (AvgIpc) is 3.53. The predicted octanol–water partition coefficient (Wildman–Crippen LogP) is 4.70. The second-order valence-electron chi connectivity index (χ2n) is 7.71. The highest BCUT2D eigenvalue weighted by Crippen LogP contribution is 2.41. The van der Waals surface area contributed by atoms with Crippen LogP contribution in [0.25, 0.3) is 6.08 Å². The topological polar surface area (TPSA) is 67.0 Å². The van der Waals surface area contributed by atoms with Crippen LogP contribution < -0.4 is 10.1 Å². The summed E-state index contributed by atoms with van der Waals surface area (Å²) in [6, 6.07) is 11.8. The van der Waals surface area contributed by atoms with Gasteiger partial charge in [-0.2, -0.15) is 5.26 Å². The summed E-state index contributed by atoms with van der Waals surface area (Å²) in [5, 5.41) is 12.7. The van der Waals surface area contributed by atoms with Gasteiger partial charge in [0.15, 0.2) is 0 Å². The minimum Gasteiger partial charge on any atom is -0.497 e. The van der Waals surface area contributed by atoms with E-state index in [0.29, 0.717) is 5.92 Å². The monoisotopic (exact) mass is 391 g/mol. The first-order valence-electron chi connectivity index (χ1n) is 10.2. The number of hydrogen-bond acceptors (Lipinski definition) is 3. The van der Waals surface area contributed by atoms with Crippen LogP contribution in [0.15, 0.2) is 35.9 Å². The zero-order chi connectivity index (χ0) is 21.0. The molecular formula is C24H29N3O2. The number of hydrogen-bond donors (Lipinski definition) is 1. The first-order valence-corrected chi connectivity index (χ1v) is 10.2. The fraction of sp³-hybridized carbons (Fsp3) is 0.417. The van der Waals surface area contributed by atoms with Crippen molar-refractivity contribution >= 4 is 12.0 Å². The van der Waals surface area contributed by atoms with Crippen LogP contribution in [0.1, 0.15) is 54.7 Å². The molecule has 0 radical (unpaired) electrons. The minimum absolute atomic E-state index is 0.0855. The third-order valence-corrected chi connectivity index (χ3v) is 5.58. The Morgan fingerprint density at radius 2 is 2.03 bits per heavy atom. The van der Waals surface area contributed by atoms with E-state index < -0.39 is 0 Å². The number of carbonyl (C=O) groups excluding carboxylic acids is 1. The van der Waals surface area contributed by atoms with Gasteiger partial charge in [0.2, 0.25) is 0 Å². The molecule has 0 saturated heterocycles. The Balaban J connectivity index is 1.82. The van der Waals surface area contributed by atoms with Crippen molar-refractivity contribution in [3.05, 3.63) is 58.4 Å². The maximum Gasteiger partial charge on any atom is 0.262 e. The molecule has 1 unspecified atom stereocenters. The maximum absolute atomic E-state index is 12.9. The van der Waals surface area contributed by atoms with E-state index in [0.717, 1.165) is 54.1 Å². The van der Waals surface area contributed by atoms with Gasteiger partial charge >= 0.3 is 0 Å². The minimum atomic E-state index is -0.319. The molecule has 3 rings (SSSR count). The number of amides is 1. The summed E-state index contributed by atoms with van der Waals surface area (Å²) < 4.78 is 7.45. The Morgan fingerprint density at radius 3 is 2.59 bits per heavy atom. The van der Waals surface area contributed by atoms with Crippen LogP contribution in [-0.2, 0) is 11.3 Å². The van der Waals surface area contributed by atoms with Gasteiger partial charge in [0.05, 0.1) is 13.2 Å². The largest absolute Gasteiger partial charge is 0.497 e. The highest BCUT2D eigenvalue weighted by Gasteiger charge is 2.34. The molecule has 0 aliphatic heterocycles. The maximum atomic E-state index is 12.9. The number of methoxy groups -OCH3 is 1. The van der Waals surface area contributed by atoms with Crippen LogP contribution >= 0.6 is 0 Å². The van der Waals surface area contributed by atoms with E-state index in [1.807, 2.05) is 37.3 Å². The fourth-order valence-electron chi connectivity index (χ4n) is 3.78. The van der Waals surface area contributed by atoms with Crippen molar-refractivity contribution in [3.8, 4) is 11.8 Å². The van der Waals surface area contributed by atoms with Crippen LogP contribution in [0.2, 0.25) is 0 Å². The molecule has 1 fully saturated rings. The van der Waals surface area contributed by atoms with E-state index in [1.165, 1.54) is 0 Å². The van der Waals surface area contributed by atoms with Crippen molar-refractivity contribution in [1.82, 2.24) is 9.88 Å². The fourth-order valence-corrected chi connectivity index (χ4v) is 3.78. The molecule has 1 N–H and O–H groups in total. The van der Waals surface area contributed by atoms with E-state index in [2.05, 4.69) is 29.8 Å². The van der Waals surface area contributed by atoms with Gasteiger partial charge in [0, 0.05) is 17.9 Å². The lowest BCUT2D eigenvalue weighted by molar-refractivity contribution is -0.117. The SMILES string of the molecule is CCCn1c(C)cc(/C=C(/C#N)C(=O)NC(c2ccc(OC)cc2)C2CC2)c1C. The molecule has 1 aromatic carbocycles. The standard InChI is InChI=1S/C24H29N3O2/c1-5-12-27-16(2)13-20(17(27)3)14-21(15-25)24(28)26-23(18-6-7-18)19-8-10-22(29-4)11-9-19/h8-11,13-14,18,23H,5-7,12H2,1-4H3,(H,26,28)/b21-14-. The molecule has 1 aliphatic carbocycles. The molecule has 2 aromatic rings. The number of nitrogens with zero attached hydrogens (tertiary/aromatic N) is 2. The number of aromatic nitrogens is 1. The summed E-state index contributed by atoms with van der Waals surface area (Å²) in [5.41, 5.74) is 4.33. The number of carbonyl (C=O) groups is 1. The van der Waals surface area contributed by atoms with Crippen molar-refractivity contribution in [2.45, 2.75) is 52.6 Å². The number of ether oxygens (including phenoxy) is 1. The van der Waals surface area contributed by atoms with Crippen molar-refractivity contribution in [3.63, 3.8) is 0 Å². The van der Waals surface area contributed by atoms with Gasteiger partial charge in [-0.15, -0.1) is 0 Å². The Bertz CT molecular complexity index is 944. The zero-order valence-corrected chi connectivity index (χ0v) is 17.7. The number of aryl methyl sites for hydroxylation is 1. The summed E-state index contributed by atoms with van der Waals surface area (Å²) in [6.07, 6.45) is 4.92. The van der Waals surface area contributed by atoms with Gasteiger partial charge in [-0.25, -0.2) is 0 Å². The number of benzene rings is 1. The number of rotatable bonds is 8. The van der Waals surface area contributed by atoms with Gasteiger partial charge in [0.25, 0.3) is 5.91 Å². The lowest BCUT2D eigenvalue weighted by Crippen LogP contribution is -2.30. The third kappa shape index (κ3) is 4.71. The van der Waals surface area contributed by atoms with E-state index >= 15 is 0 Å². The molecule has 1 aliphatic rings. The van der Waals surface area contributed by atoms with Gasteiger partial charge in [0.1, 0.15) is 17.4 Å². The average molecular weight is 392 g/mol. The van der Waals surface area contributed by atoms with Crippen LogP contribution in [0.5, 0.6) is 5.75 Å². The quantitative estimate of drug-likeness (QED) is 0.524. The van der Waals surface area contributed by atoms with Gasteiger partial charge in [-0.05, 0) is 74.4 Å². The Morgan fingerprint density at radius 1 is 1.34 bits per heavy atom. The smallest absolute Gasteiger partial charge is 0.262 e. The second kappa shape index (κ2) is 9.00. The molecule has 29 heavy (non-hydrogen) atoms. The Hall–Kier alpha value is -3.00. The third-order valence-electron chi connectivity index (χ3n) is 5.58. The summed E-state index contributed by atoms with van der Waals surface area (Å²) in [5.74, 6) is 0.886. The van der Waals surface area contributed by atoms with Crippen molar-refractivity contribution < 1.29 is 9.53 Å². The van der Waals surface area contributed by atoms with Crippen molar-refractivity contribution in [2.75, 3.05) is 7.11 Å². The van der Waals surface area contributed by atoms with E-state index in [9.17, 15) is 10.1 Å². The zero-order valence-electron chi connectivity index (χ0n) is 17.7. The van der Waals surface area contributed by atoms with E-state index in [4.69, 9.17) is 4.74 Å². The van der Waals surface area contributed by atoms with Crippen LogP contribution in [0, 0.1) is 31.1 Å². The Kier molecular flexibility index (Phi) is 6.43. The van der Waals surface area contributed by atoms with Crippen LogP contribution in [0.4, 0.5) is 0 Å². The molecule has 1 heterocycles. The van der Waals surface area contributed by atoms with Crippen molar-refractivity contribution in [1.29, 1.82) is 5.26 Å². The van der Waals surface area contributed by atoms with Gasteiger partial charge in [-0.1, -0.05) is 19.1 Å². The van der Waals surface area contributed by atoms with Gasteiger partial charge < -0.3 is 14.6 Å². The number of nitrogens with one attached hydrogen (secondary N) is 1. The molecule has 5 nitrogen and oxygen atoms in total. The molecule has 1 atom stereocenters. The molecule has 0 bridgehead atoms.